The molecule has 18 heavy (non-hydrogen) atoms. The molecule has 2 aromatic rings. The van der Waals surface area contributed by atoms with Crippen LogP contribution in [0.15, 0.2) is 36.4 Å². The molecule has 3 heteroatoms. The van der Waals surface area contributed by atoms with Crippen LogP contribution >= 0.6 is 0 Å². The van der Waals surface area contributed by atoms with E-state index in [1.807, 2.05) is 18.2 Å². The average molecular weight is 242 g/mol. The maximum absolute atomic E-state index is 13.6. The van der Waals surface area contributed by atoms with Crippen LogP contribution in [0.1, 0.15) is 15.9 Å². The van der Waals surface area contributed by atoms with Crippen LogP contribution in [0.3, 0.4) is 0 Å². The van der Waals surface area contributed by atoms with Crippen LogP contribution in [0.25, 0.3) is 11.1 Å². The van der Waals surface area contributed by atoms with E-state index >= 15 is 0 Å². The second kappa shape index (κ2) is 4.26. The summed E-state index contributed by atoms with van der Waals surface area (Å²) in [5.41, 5.74) is 2.83. The van der Waals surface area contributed by atoms with Gasteiger partial charge >= 0.3 is 0 Å². The molecule has 0 atom stereocenters. The van der Waals surface area contributed by atoms with E-state index < -0.39 is 5.82 Å². The SMILES string of the molecule is O=Cc1ccc(-c2cccc3c2OCC3)cc1F. The summed E-state index contributed by atoms with van der Waals surface area (Å²) in [6, 6.07) is 10.5. The van der Waals surface area contributed by atoms with Crippen molar-refractivity contribution in [2.75, 3.05) is 6.61 Å². The Balaban J connectivity index is 2.13. The van der Waals surface area contributed by atoms with Gasteiger partial charge in [0, 0.05) is 12.0 Å². The summed E-state index contributed by atoms with van der Waals surface area (Å²) in [6.07, 6.45) is 1.41. The number of aldehydes is 1. The van der Waals surface area contributed by atoms with Crippen LogP contribution < -0.4 is 4.74 Å². The van der Waals surface area contributed by atoms with Crippen molar-refractivity contribution in [3.05, 3.63) is 53.3 Å². The highest BCUT2D eigenvalue weighted by molar-refractivity contribution is 5.79. The van der Waals surface area contributed by atoms with Crippen molar-refractivity contribution in [1.29, 1.82) is 0 Å². The molecule has 0 aliphatic carbocycles. The van der Waals surface area contributed by atoms with Gasteiger partial charge in [-0.3, -0.25) is 4.79 Å². The van der Waals surface area contributed by atoms with Crippen molar-refractivity contribution in [3.63, 3.8) is 0 Å². The Morgan fingerprint density at radius 2 is 2.11 bits per heavy atom. The molecule has 1 aliphatic rings. The zero-order chi connectivity index (χ0) is 12.5. The molecular weight excluding hydrogens is 231 g/mol. The van der Waals surface area contributed by atoms with Crippen molar-refractivity contribution in [3.8, 4) is 16.9 Å². The minimum Gasteiger partial charge on any atom is -0.492 e. The van der Waals surface area contributed by atoms with Gasteiger partial charge in [0.25, 0.3) is 0 Å². The first-order chi connectivity index (χ1) is 8.79. The molecule has 0 unspecified atom stereocenters. The Kier molecular flexibility index (Phi) is 2.59. The number of hydrogen-bond donors (Lipinski definition) is 0. The molecule has 0 radical (unpaired) electrons. The molecule has 0 fully saturated rings. The Bertz CT molecular complexity index is 620. The van der Waals surface area contributed by atoms with E-state index in [-0.39, 0.29) is 5.56 Å². The topological polar surface area (TPSA) is 26.3 Å². The minimum absolute atomic E-state index is 0.0762. The maximum atomic E-state index is 13.6. The molecule has 0 amide bonds. The monoisotopic (exact) mass is 242 g/mol. The van der Waals surface area contributed by atoms with Crippen LogP contribution in [-0.2, 0) is 6.42 Å². The lowest BCUT2D eigenvalue weighted by Crippen LogP contribution is -1.91. The highest BCUT2D eigenvalue weighted by atomic mass is 19.1. The Hall–Kier alpha value is -2.16. The summed E-state index contributed by atoms with van der Waals surface area (Å²) in [4.78, 5) is 10.6. The Morgan fingerprint density at radius 1 is 1.22 bits per heavy atom. The van der Waals surface area contributed by atoms with Crippen LogP contribution in [0, 0.1) is 5.82 Å². The molecule has 3 rings (SSSR count). The van der Waals surface area contributed by atoms with Crippen LogP contribution in [-0.4, -0.2) is 12.9 Å². The number of fused-ring (bicyclic) bond motifs is 1. The number of hydrogen-bond acceptors (Lipinski definition) is 2. The fourth-order valence-corrected chi connectivity index (χ4v) is 2.23. The molecule has 0 N–H and O–H groups in total. The normalized spacial score (nSPS) is 12.9. The first-order valence-electron chi connectivity index (χ1n) is 5.79. The van der Waals surface area contributed by atoms with Crippen LogP contribution in [0.5, 0.6) is 5.75 Å². The van der Waals surface area contributed by atoms with Gasteiger partial charge in [-0.15, -0.1) is 0 Å². The minimum atomic E-state index is -0.502. The summed E-state index contributed by atoms with van der Waals surface area (Å²) in [5, 5.41) is 0. The fraction of sp³-hybridized carbons (Fsp3) is 0.133. The molecular formula is C15H11FO2. The van der Waals surface area contributed by atoms with Crippen molar-refractivity contribution < 1.29 is 13.9 Å². The maximum Gasteiger partial charge on any atom is 0.152 e. The van der Waals surface area contributed by atoms with Crippen LogP contribution in [0.2, 0.25) is 0 Å². The van der Waals surface area contributed by atoms with Crippen molar-refractivity contribution in [1.82, 2.24) is 0 Å². The molecule has 2 nitrogen and oxygen atoms in total. The highest BCUT2D eigenvalue weighted by Crippen LogP contribution is 2.36. The zero-order valence-corrected chi connectivity index (χ0v) is 9.65. The number of rotatable bonds is 2. The predicted molar refractivity (Wildman–Crippen MR) is 66.4 cm³/mol. The van der Waals surface area contributed by atoms with E-state index in [1.165, 1.54) is 12.1 Å². The van der Waals surface area contributed by atoms with Gasteiger partial charge in [-0.25, -0.2) is 4.39 Å². The summed E-state index contributed by atoms with van der Waals surface area (Å²) >= 11 is 0. The first-order valence-corrected chi connectivity index (χ1v) is 5.79. The molecule has 0 spiro atoms. The lowest BCUT2D eigenvalue weighted by molar-refractivity contribution is 0.112. The van der Waals surface area contributed by atoms with Crippen molar-refractivity contribution >= 4 is 6.29 Å². The second-order valence-corrected chi connectivity index (χ2v) is 4.25. The Labute approximate surface area is 104 Å². The largest absolute Gasteiger partial charge is 0.492 e. The lowest BCUT2D eigenvalue weighted by Gasteiger charge is -2.08. The number of benzene rings is 2. The van der Waals surface area contributed by atoms with Crippen molar-refractivity contribution in [2.24, 2.45) is 0 Å². The van der Waals surface area contributed by atoms with E-state index in [9.17, 15) is 9.18 Å². The summed E-state index contributed by atoms with van der Waals surface area (Å²) in [7, 11) is 0. The molecule has 0 aromatic heterocycles. The summed E-state index contributed by atoms with van der Waals surface area (Å²) in [5.74, 6) is 0.328. The second-order valence-electron chi connectivity index (χ2n) is 4.25. The van der Waals surface area contributed by atoms with E-state index in [4.69, 9.17) is 4.74 Å². The van der Waals surface area contributed by atoms with Gasteiger partial charge in [0.2, 0.25) is 0 Å². The third-order valence-corrected chi connectivity index (χ3v) is 3.15. The summed E-state index contributed by atoms with van der Waals surface area (Å²) in [6.45, 7) is 0.668. The molecule has 2 aromatic carbocycles. The highest BCUT2D eigenvalue weighted by Gasteiger charge is 2.17. The van der Waals surface area contributed by atoms with E-state index in [1.54, 1.807) is 6.07 Å². The molecule has 0 saturated heterocycles. The van der Waals surface area contributed by atoms with E-state index in [2.05, 4.69) is 0 Å². The molecule has 1 aliphatic heterocycles. The zero-order valence-electron chi connectivity index (χ0n) is 9.65. The smallest absolute Gasteiger partial charge is 0.152 e. The van der Waals surface area contributed by atoms with Gasteiger partial charge < -0.3 is 4.74 Å². The van der Waals surface area contributed by atoms with Gasteiger partial charge in [0.05, 0.1) is 12.2 Å². The van der Waals surface area contributed by atoms with Gasteiger partial charge in [-0.2, -0.15) is 0 Å². The van der Waals surface area contributed by atoms with Gasteiger partial charge in [-0.05, 0) is 23.3 Å². The number of ether oxygens (including phenoxy) is 1. The number of para-hydroxylation sites is 1. The fourth-order valence-electron chi connectivity index (χ4n) is 2.23. The standard InChI is InChI=1S/C15H11FO2/c16-14-8-11(4-5-12(14)9-17)13-3-1-2-10-6-7-18-15(10)13/h1-5,8-9H,6-7H2. The number of carbonyl (C=O) groups excluding carboxylic acids is 1. The third kappa shape index (κ3) is 1.68. The molecule has 1 heterocycles. The van der Waals surface area contributed by atoms with Crippen molar-refractivity contribution in [2.45, 2.75) is 6.42 Å². The Morgan fingerprint density at radius 3 is 2.89 bits per heavy atom. The molecule has 0 saturated carbocycles. The number of carbonyl (C=O) groups is 1. The van der Waals surface area contributed by atoms with Crippen LogP contribution in [0.4, 0.5) is 4.39 Å². The van der Waals surface area contributed by atoms with E-state index in [0.717, 1.165) is 28.9 Å². The predicted octanol–water partition coefficient (Wildman–Crippen LogP) is 3.24. The average Bonchev–Trinajstić information content (AvgIpc) is 2.86. The van der Waals surface area contributed by atoms with Gasteiger partial charge in [-0.1, -0.05) is 24.3 Å². The number of halogens is 1. The molecule has 0 bridgehead atoms. The van der Waals surface area contributed by atoms with Gasteiger partial charge in [0.1, 0.15) is 11.6 Å². The lowest BCUT2D eigenvalue weighted by atomic mass is 10.00. The first kappa shape index (κ1) is 11.0. The van der Waals surface area contributed by atoms with Gasteiger partial charge in [0.15, 0.2) is 6.29 Å². The molecule has 90 valence electrons. The summed E-state index contributed by atoms with van der Waals surface area (Å²) < 4.78 is 19.2. The van der Waals surface area contributed by atoms with E-state index in [0.29, 0.717) is 12.9 Å². The third-order valence-electron chi connectivity index (χ3n) is 3.15. The quantitative estimate of drug-likeness (QED) is 0.756.